The minimum absolute atomic E-state index is 0.0207. The molecule has 0 unspecified atom stereocenters. The third kappa shape index (κ3) is 4.07. The first-order valence-electron chi connectivity index (χ1n) is 7.67. The number of aryl methyl sites for hydroxylation is 2. The number of aromatic nitrogens is 4. The van der Waals surface area contributed by atoms with E-state index in [4.69, 9.17) is 4.74 Å². The van der Waals surface area contributed by atoms with Crippen LogP contribution in [-0.4, -0.2) is 45.7 Å². The summed E-state index contributed by atoms with van der Waals surface area (Å²) in [5, 5.41) is 17.8. The number of hydrogen-bond acceptors (Lipinski definition) is 7. The minimum Gasteiger partial charge on any atom is -0.472 e. The Morgan fingerprint density at radius 2 is 2.43 bits per heavy atom. The highest BCUT2D eigenvalue weighted by molar-refractivity contribution is 5.76. The molecule has 0 saturated carbocycles. The summed E-state index contributed by atoms with van der Waals surface area (Å²) < 4.78 is 11.9. The van der Waals surface area contributed by atoms with Crippen LogP contribution in [0.15, 0.2) is 10.7 Å². The van der Waals surface area contributed by atoms with Crippen LogP contribution in [0.3, 0.4) is 0 Å². The Labute approximate surface area is 133 Å². The van der Waals surface area contributed by atoms with Crippen LogP contribution in [0.4, 0.5) is 0 Å². The van der Waals surface area contributed by atoms with Crippen molar-refractivity contribution in [1.82, 2.24) is 30.7 Å². The number of hydrogen-bond donors (Lipinski definition) is 2. The average molecular weight is 320 g/mol. The molecule has 0 atom stereocenters. The van der Waals surface area contributed by atoms with E-state index in [-0.39, 0.29) is 5.91 Å². The van der Waals surface area contributed by atoms with E-state index in [1.807, 2.05) is 4.68 Å². The van der Waals surface area contributed by atoms with Crippen LogP contribution < -0.4 is 15.4 Å². The molecule has 1 aliphatic rings. The van der Waals surface area contributed by atoms with Crippen molar-refractivity contribution in [2.75, 3.05) is 19.7 Å². The van der Waals surface area contributed by atoms with E-state index >= 15 is 0 Å². The lowest BCUT2D eigenvalue weighted by Gasteiger charge is -2.13. The Hall–Kier alpha value is -2.42. The molecule has 3 heterocycles. The summed E-state index contributed by atoms with van der Waals surface area (Å²) in [6.45, 7) is 5.14. The van der Waals surface area contributed by atoms with Crippen LogP contribution in [0.25, 0.3) is 0 Å². The Morgan fingerprint density at radius 3 is 3.22 bits per heavy atom. The van der Waals surface area contributed by atoms with Crippen molar-refractivity contribution < 1.29 is 14.2 Å². The number of carbonyl (C=O) groups excluding carboxylic acids is 1. The average Bonchev–Trinajstić information content (AvgIpc) is 3.15. The number of amides is 1. The molecular formula is C14H20N6O3. The first-order chi connectivity index (χ1) is 11.2. The molecule has 0 saturated heterocycles. The van der Waals surface area contributed by atoms with E-state index in [9.17, 15) is 4.79 Å². The molecule has 1 aliphatic heterocycles. The van der Waals surface area contributed by atoms with Crippen molar-refractivity contribution in [3.05, 3.63) is 23.1 Å². The lowest BCUT2D eigenvalue weighted by Crippen LogP contribution is -2.28. The second kappa shape index (κ2) is 7.23. The predicted molar refractivity (Wildman–Crippen MR) is 79.8 cm³/mol. The van der Waals surface area contributed by atoms with Gasteiger partial charge in [-0.2, -0.15) is 5.10 Å². The Balaban J connectivity index is 1.35. The first kappa shape index (κ1) is 15.5. The molecule has 2 aromatic rings. The topological polar surface area (TPSA) is 107 Å². The smallest absolute Gasteiger partial charge is 0.278 e. The lowest BCUT2D eigenvalue weighted by atomic mass is 10.2. The number of nitrogens with zero attached hydrogens (tertiary/aromatic N) is 4. The van der Waals surface area contributed by atoms with Gasteiger partial charge in [0.05, 0.1) is 24.5 Å². The maximum atomic E-state index is 11.8. The monoisotopic (exact) mass is 320 g/mol. The SMILES string of the molecule is Cc1nonc1OCCNC(=O)CCc1cc2n(n1)CCNC2. The molecule has 0 bridgehead atoms. The van der Waals surface area contributed by atoms with Crippen molar-refractivity contribution in [2.24, 2.45) is 0 Å². The van der Waals surface area contributed by atoms with Crippen LogP contribution in [0.1, 0.15) is 23.5 Å². The summed E-state index contributed by atoms with van der Waals surface area (Å²) in [7, 11) is 0. The van der Waals surface area contributed by atoms with Gasteiger partial charge in [-0.05, 0) is 18.1 Å². The molecule has 0 aromatic carbocycles. The normalized spacial score (nSPS) is 13.6. The molecule has 2 N–H and O–H groups in total. The summed E-state index contributed by atoms with van der Waals surface area (Å²) in [5.74, 6) is 0.337. The van der Waals surface area contributed by atoms with Crippen molar-refractivity contribution >= 4 is 5.91 Å². The zero-order valence-electron chi connectivity index (χ0n) is 13.0. The van der Waals surface area contributed by atoms with Gasteiger partial charge >= 0.3 is 0 Å². The third-order valence-corrected chi connectivity index (χ3v) is 3.60. The first-order valence-corrected chi connectivity index (χ1v) is 7.67. The summed E-state index contributed by atoms with van der Waals surface area (Å²) in [6.07, 6.45) is 1.05. The van der Waals surface area contributed by atoms with Crippen molar-refractivity contribution in [3.8, 4) is 5.88 Å². The summed E-state index contributed by atoms with van der Waals surface area (Å²) >= 11 is 0. The zero-order valence-corrected chi connectivity index (χ0v) is 13.0. The van der Waals surface area contributed by atoms with Gasteiger partial charge in [0, 0.05) is 25.9 Å². The molecular weight excluding hydrogens is 300 g/mol. The highest BCUT2D eigenvalue weighted by Gasteiger charge is 2.12. The standard InChI is InChI=1S/C14H20N6O3/c1-10-14(19-23-18-10)22-7-5-16-13(21)3-2-11-8-12-9-15-4-6-20(12)17-11/h8,15H,2-7,9H2,1H3,(H,16,21). The van der Waals surface area contributed by atoms with E-state index < -0.39 is 0 Å². The molecule has 0 radical (unpaired) electrons. The van der Waals surface area contributed by atoms with E-state index in [2.05, 4.69) is 36.7 Å². The van der Waals surface area contributed by atoms with Gasteiger partial charge in [-0.25, -0.2) is 4.63 Å². The molecule has 0 aliphatic carbocycles. The van der Waals surface area contributed by atoms with Gasteiger partial charge in [0.1, 0.15) is 12.3 Å². The number of nitrogens with one attached hydrogen (secondary N) is 2. The summed E-state index contributed by atoms with van der Waals surface area (Å²) in [6, 6.07) is 2.06. The van der Waals surface area contributed by atoms with Gasteiger partial charge < -0.3 is 15.4 Å². The van der Waals surface area contributed by atoms with Gasteiger partial charge in [-0.3, -0.25) is 9.48 Å². The van der Waals surface area contributed by atoms with Crippen molar-refractivity contribution in [3.63, 3.8) is 0 Å². The maximum Gasteiger partial charge on any atom is 0.278 e. The van der Waals surface area contributed by atoms with E-state index in [1.54, 1.807) is 6.92 Å². The van der Waals surface area contributed by atoms with Crippen LogP contribution in [0, 0.1) is 6.92 Å². The highest BCUT2D eigenvalue weighted by Crippen LogP contribution is 2.10. The van der Waals surface area contributed by atoms with Gasteiger partial charge in [-0.1, -0.05) is 5.16 Å². The van der Waals surface area contributed by atoms with Crippen LogP contribution >= 0.6 is 0 Å². The molecule has 9 nitrogen and oxygen atoms in total. The largest absolute Gasteiger partial charge is 0.472 e. The number of carbonyl (C=O) groups is 1. The molecule has 0 spiro atoms. The molecule has 23 heavy (non-hydrogen) atoms. The predicted octanol–water partition coefficient (Wildman–Crippen LogP) is -0.194. The second-order valence-electron chi connectivity index (χ2n) is 5.38. The Bertz CT molecular complexity index is 642. The molecule has 2 aromatic heterocycles. The van der Waals surface area contributed by atoms with E-state index in [0.29, 0.717) is 37.6 Å². The molecule has 124 valence electrons. The molecule has 1 amide bonds. The quantitative estimate of drug-likeness (QED) is 0.681. The number of rotatable bonds is 7. The van der Waals surface area contributed by atoms with Gasteiger partial charge in [0.15, 0.2) is 0 Å². The van der Waals surface area contributed by atoms with Crippen LogP contribution in [0.2, 0.25) is 0 Å². The summed E-state index contributed by atoms with van der Waals surface area (Å²) in [4.78, 5) is 11.8. The van der Waals surface area contributed by atoms with Crippen molar-refractivity contribution in [2.45, 2.75) is 32.9 Å². The Kier molecular flexibility index (Phi) is 4.86. The fourth-order valence-corrected chi connectivity index (χ4v) is 2.40. The van der Waals surface area contributed by atoms with Crippen LogP contribution in [0.5, 0.6) is 5.88 Å². The zero-order chi connectivity index (χ0) is 16.1. The van der Waals surface area contributed by atoms with E-state index in [0.717, 1.165) is 25.3 Å². The number of fused-ring (bicyclic) bond motifs is 1. The van der Waals surface area contributed by atoms with Crippen molar-refractivity contribution in [1.29, 1.82) is 0 Å². The maximum absolute atomic E-state index is 11.8. The van der Waals surface area contributed by atoms with Gasteiger partial charge in [0.2, 0.25) is 5.91 Å². The Morgan fingerprint density at radius 1 is 1.52 bits per heavy atom. The van der Waals surface area contributed by atoms with Crippen LogP contribution in [-0.2, 0) is 24.3 Å². The van der Waals surface area contributed by atoms with E-state index in [1.165, 1.54) is 5.69 Å². The summed E-state index contributed by atoms with van der Waals surface area (Å²) in [5.41, 5.74) is 2.73. The van der Waals surface area contributed by atoms with Gasteiger partial charge in [0.25, 0.3) is 5.88 Å². The third-order valence-electron chi connectivity index (χ3n) is 3.60. The fourth-order valence-electron chi connectivity index (χ4n) is 2.40. The molecule has 3 rings (SSSR count). The highest BCUT2D eigenvalue weighted by atomic mass is 16.6. The van der Waals surface area contributed by atoms with Gasteiger partial charge in [-0.15, -0.1) is 0 Å². The second-order valence-corrected chi connectivity index (χ2v) is 5.38. The number of ether oxygens (including phenoxy) is 1. The lowest BCUT2D eigenvalue weighted by molar-refractivity contribution is -0.121. The fraction of sp³-hybridized carbons (Fsp3) is 0.571. The molecule has 0 fully saturated rings. The minimum atomic E-state index is -0.0207. The molecule has 9 heteroatoms.